The highest BCUT2D eigenvalue weighted by atomic mass is 79.9. The minimum Gasteiger partial charge on any atom is -0.355 e. The summed E-state index contributed by atoms with van der Waals surface area (Å²) in [5.74, 6) is -0.146. The van der Waals surface area contributed by atoms with Crippen LogP contribution < -0.4 is 16.0 Å². The first kappa shape index (κ1) is 16.0. The van der Waals surface area contributed by atoms with Crippen molar-refractivity contribution < 1.29 is 9.59 Å². The van der Waals surface area contributed by atoms with Gasteiger partial charge in [-0.25, -0.2) is 0 Å². The van der Waals surface area contributed by atoms with Crippen molar-refractivity contribution in [3.63, 3.8) is 0 Å². The molecule has 5 nitrogen and oxygen atoms in total. The Hall–Kier alpha value is -1.40. The SMILES string of the molecule is CC(CN)CNC(=O)C1CC(=O)N(c2ccccc2Br)C1. The second kappa shape index (κ2) is 7.04. The molecule has 1 aliphatic rings. The van der Waals surface area contributed by atoms with E-state index in [2.05, 4.69) is 21.2 Å². The van der Waals surface area contributed by atoms with Gasteiger partial charge in [-0.15, -0.1) is 0 Å². The molecule has 2 unspecified atom stereocenters. The van der Waals surface area contributed by atoms with Crippen molar-refractivity contribution in [2.45, 2.75) is 13.3 Å². The Morgan fingerprint density at radius 2 is 2.24 bits per heavy atom. The summed E-state index contributed by atoms with van der Waals surface area (Å²) in [7, 11) is 0. The van der Waals surface area contributed by atoms with E-state index in [9.17, 15) is 9.59 Å². The van der Waals surface area contributed by atoms with Crippen molar-refractivity contribution in [1.29, 1.82) is 0 Å². The highest BCUT2D eigenvalue weighted by Crippen LogP contribution is 2.31. The molecule has 2 amide bonds. The van der Waals surface area contributed by atoms with Gasteiger partial charge in [0.15, 0.2) is 0 Å². The lowest BCUT2D eigenvalue weighted by atomic mass is 10.1. The summed E-state index contributed by atoms with van der Waals surface area (Å²) >= 11 is 3.44. The summed E-state index contributed by atoms with van der Waals surface area (Å²) in [6, 6.07) is 7.54. The van der Waals surface area contributed by atoms with Crippen molar-refractivity contribution in [2.24, 2.45) is 17.6 Å². The zero-order valence-electron chi connectivity index (χ0n) is 12.0. The van der Waals surface area contributed by atoms with E-state index in [1.807, 2.05) is 31.2 Å². The van der Waals surface area contributed by atoms with Crippen LogP contribution in [-0.2, 0) is 9.59 Å². The molecule has 1 heterocycles. The van der Waals surface area contributed by atoms with Gasteiger partial charge in [0.05, 0.1) is 11.6 Å². The Kier molecular flexibility index (Phi) is 5.36. The van der Waals surface area contributed by atoms with Gasteiger partial charge < -0.3 is 16.0 Å². The Bertz CT molecular complexity index is 535. The van der Waals surface area contributed by atoms with Crippen molar-refractivity contribution in [2.75, 3.05) is 24.5 Å². The third-order valence-electron chi connectivity index (χ3n) is 3.67. The maximum atomic E-state index is 12.1. The molecule has 6 heteroatoms. The topological polar surface area (TPSA) is 75.4 Å². The lowest BCUT2D eigenvalue weighted by molar-refractivity contribution is -0.126. The summed E-state index contributed by atoms with van der Waals surface area (Å²) in [6.07, 6.45) is 0.254. The van der Waals surface area contributed by atoms with Gasteiger partial charge in [-0.05, 0) is 40.5 Å². The fourth-order valence-electron chi connectivity index (χ4n) is 2.29. The van der Waals surface area contributed by atoms with Crippen LogP contribution in [0.15, 0.2) is 28.7 Å². The van der Waals surface area contributed by atoms with Gasteiger partial charge >= 0.3 is 0 Å². The van der Waals surface area contributed by atoms with Crippen LogP contribution in [0, 0.1) is 11.8 Å². The van der Waals surface area contributed by atoms with Gasteiger partial charge in [0.2, 0.25) is 11.8 Å². The molecule has 0 radical (unpaired) electrons. The molecule has 0 saturated carbocycles. The largest absolute Gasteiger partial charge is 0.355 e. The van der Waals surface area contributed by atoms with E-state index in [0.29, 0.717) is 19.6 Å². The number of para-hydroxylation sites is 1. The van der Waals surface area contributed by atoms with Crippen LogP contribution in [0.3, 0.4) is 0 Å². The summed E-state index contributed by atoms with van der Waals surface area (Å²) in [6.45, 7) is 3.49. The van der Waals surface area contributed by atoms with E-state index < -0.39 is 0 Å². The van der Waals surface area contributed by atoms with Gasteiger partial charge in [0, 0.05) is 24.0 Å². The van der Waals surface area contributed by atoms with E-state index in [0.717, 1.165) is 10.2 Å². The molecule has 0 aliphatic carbocycles. The summed E-state index contributed by atoms with van der Waals surface area (Å²) in [4.78, 5) is 25.9. The summed E-state index contributed by atoms with van der Waals surface area (Å²) < 4.78 is 0.858. The number of nitrogens with one attached hydrogen (secondary N) is 1. The predicted octanol–water partition coefficient (Wildman–Crippen LogP) is 1.51. The zero-order valence-corrected chi connectivity index (χ0v) is 13.6. The highest BCUT2D eigenvalue weighted by Gasteiger charge is 2.35. The molecular weight excluding hydrogens is 334 g/mol. The molecule has 114 valence electrons. The first-order valence-electron chi connectivity index (χ1n) is 7.05. The van der Waals surface area contributed by atoms with E-state index in [-0.39, 0.29) is 30.1 Å². The fourth-order valence-corrected chi connectivity index (χ4v) is 2.79. The van der Waals surface area contributed by atoms with Crippen molar-refractivity contribution >= 4 is 33.4 Å². The van der Waals surface area contributed by atoms with Crippen LogP contribution in [0.1, 0.15) is 13.3 Å². The lowest BCUT2D eigenvalue weighted by Crippen LogP contribution is -2.36. The summed E-state index contributed by atoms with van der Waals surface area (Å²) in [5, 5.41) is 2.87. The van der Waals surface area contributed by atoms with Crippen LogP contribution in [0.5, 0.6) is 0 Å². The quantitative estimate of drug-likeness (QED) is 0.842. The average Bonchev–Trinajstić information content (AvgIpc) is 2.86. The van der Waals surface area contributed by atoms with Gasteiger partial charge in [-0.1, -0.05) is 19.1 Å². The Balaban J connectivity index is 1.99. The normalized spacial score (nSPS) is 19.7. The molecule has 2 rings (SSSR count). The predicted molar refractivity (Wildman–Crippen MR) is 85.8 cm³/mol. The first-order chi connectivity index (χ1) is 10.0. The zero-order chi connectivity index (χ0) is 15.4. The third kappa shape index (κ3) is 3.83. The number of carbonyl (C=O) groups is 2. The van der Waals surface area contributed by atoms with Crippen molar-refractivity contribution in [1.82, 2.24) is 5.32 Å². The number of nitrogens with zero attached hydrogens (tertiary/aromatic N) is 1. The lowest BCUT2D eigenvalue weighted by Gasteiger charge is -2.18. The molecule has 1 aromatic rings. The Morgan fingerprint density at radius 3 is 2.90 bits per heavy atom. The number of rotatable bonds is 5. The molecule has 0 bridgehead atoms. The van der Waals surface area contributed by atoms with Gasteiger partial charge in [-0.2, -0.15) is 0 Å². The van der Waals surface area contributed by atoms with Crippen molar-refractivity contribution in [3.05, 3.63) is 28.7 Å². The molecule has 1 saturated heterocycles. The molecule has 2 atom stereocenters. The minimum atomic E-state index is -0.297. The van der Waals surface area contributed by atoms with Crippen LogP contribution in [0.4, 0.5) is 5.69 Å². The highest BCUT2D eigenvalue weighted by molar-refractivity contribution is 9.10. The maximum absolute atomic E-state index is 12.1. The van der Waals surface area contributed by atoms with Gasteiger partial charge in [-0.3, -0.25) is 9.59 Å². The number of amides is 2. The smallest absolute Gasteiger partial charge is 0.227 e. The number of halogens is 1. The molecule has 1 aromatic carbocycles. The molecule has 3 N–H and O–H groups in total. The van der Waals surface area contributed by atoms with Crippen LogP contribution in [-0.4, -0.2) is 31.4 Å². The summed E-state index contributed by atoms with van der Waals surface area (Å²) in [5.41, 5.74) is 6.34. The Labute approximate surface area is 133 Å². The standard InChI is InChI=1S/C15H20BrN3O2/c1-10(7-17)8-18-15(21)11-6-14(20)19(9-11)13-5-3-2-4-12(13)16/h2-5,10-11H,6-9,17H2,1H3,(H,18,21). The minimum absolute atomic E-state index is 0.0195. The van der Waals surface area contributed by atoms with Crippen LogP contribution >= 0.6 is 15.9 Å². The molecule has 0 spiro atoms. The van der Waals surface area contributed by atoms with Crippen LogP contribution in [0.25, 0.3) is 0 Å². The monoisotopic (exact) mass is 353 g/mol. The number of hydrogen-bond acceptors (Lipinski definition) is 3. The number of benzene rings is 1. The van der Waals surface area contributed by atoms with E-state index >= 15 is 0 Å². The molecule has 1 fully saturated rings. The number of carbonyl (C=O) groups excluding carboxylic acids is 2. The average molecular weight is 354 g/mol. The number of hydrogen-bond donors (Lipinski definition) is 2. The molecular formula is C15H20BrN3O2. The van der Waals surface area contributed by atoms with Gasteiger partial charge in [0.1, 0.15) is 0 Å². The van der Waals surface area contributed by atoms with E-state index in [1.165, 1.54) is 0 Å². The molecule has 21 heavy (non-hydrogen) atoms. The molecule has 1 aliphatic heterocycles. The van der Waals surface area contributed by atoms with E-state index in [1.54, 1.807) is 4.90 Å². The second-order valence-electron chi connectivity index (χ2n) is 5.44. The fraction of sp³-hybridized carbons (Fsp3) is 0.467. The molecule has 0 aromatic heterocycles. The second-order valence-corrected chi connectivity index (χ2v) is 6.30. The number of anilines is 1. The van der Waals surface area contributed by atoms with Crippen LogP contribution in [0.2, 0.25) is 0 Å². The first-order valence-corrected chi connectivity index (χ1v) is 7.85. The third-order valence-corrected chi connectivity index (χ3v) is 4.34. The maximum Gasteiger partial charge on any atom is 0.227 e. The van der Waals surface area contributed by atoms with E-state index in [4.69, 9.17) is 5.73 Å². The van der Waals surface area contributed by atoms with Gasteiger partial charge in [0.25, 0.3) is 0 Å². The number of nitrogens with two attached hydrogens (primary N) is 1. The van der Waals surface area contributed by atoms with Crippen molar-refractivity contribution in [3.8, 4) is 0 Å². The Morgan fingerprint density at radius 1 is 1.52 bits per heavy atom.